The minimum atomic E-state index is -1.50. The molecule has 0 bridgehead atoms. The summed E-state index contributed by atoms with van der Waals surface area (Å²) in [5, 5.41) is 24.0. The summed E-state index contributed by atoms with van der Waals surface area (Å²) in [6, 6.07) is 0. The number of hydrogen-bond donors (Lipinski definition) is 3. The van der Waals surface area contributed by atoms with Crippen LogP contribution in [-0.2, 0) is 19.2 Å². The lowest BCUT2D eigenvalue weighted by Gasteiger charge is -2.23. The molecular formula is C13H18N2O7. The maximum Gasteiger partial charge on any atom is 0.408 e. The quantitative estimate of drug-likeness (QED) is 0.691. The van der Waals surface area contributed by atoms with Crippen LogP contribution in [0.5, 0.6) is 0 Å². The van der Waals surface area contributed by atoms with Gasteiger partial charge in [0, 0.05) is 12.3 Å². The van der Waals surface area contributed by atoms with Crippen molar-refractivity contribution in [1.82, 2.24) is 5.32 Å². The van der Waals surface area contributed by atoms with E-state index in [0.29, 0.717) is 0 Å². The van der Waals surface area contributed by atoms with Gasteiger partial charge in [-0.25, -0.2) is 14.4 Å². The third-order valence-electron chi connectivity index (χ3n) is 3.51. The van der Waals surface area contributed by atoms with Gasteiger partial charge in [-0.15, -0.1) is 0 Å². The summed E-state index contributed by atoms with van der Waals surface area (Å²) >= 11 is 0. The fraction of sp³-hybridized carbons (Fsp3) is 0.692. The van der Waals surface area contributed by atoms with Gasteiger partial charge in [-0.05, 0) is 27.2 Å². The zero-order chi connectivity index (χ0) is 16.7. The molecule has 0 saturated heterocycles. The van der Waals surface area contributed by atoms with Gasteiger partial charge in [-0.2, -0.15) is 0 Å². The fourth-order valence-electron chi connectivity index (χ4n) is 2.40. The second-order valence-electron chi connectivity index (χ2n) is 6.41. The van der Waals surface area contributed by atoms with E-state index < -0.39 is 41.2 Å². The predicted molar refractivity (Wildman–Crippen MR) is 72.4 cm³/mol. The van der Waals surface area contributed by atoms with Gasteiger partial charge in [0.25, 0.3) is 0 Å². The molecular weight excluding hydrogens is 296 g/mol. The highest BCUT2D eigenvalue weighted by molar-refractivity contribution is 6.35. The van der Waals surface area contributed by atoms with E-state index in [2.05, 4.69) is 10.5 Å². The van der Waals surface area contributed by atoms with Crippen molar-refractivity contribution < 1.29 is 34.2 Å². The average molecular weight is 314 g/mol. The molecule has 122 valence electrons. The standard InChI is InChI=1S/C13H18N2O7/c1-12(2,3)21-11(20)14-13(10(18)19)5-6(13)8-4-7(9(16)17)15-22-8/h6,8H,4-5H2,1-3H3,(H,14,20)(H,16,17)(H,18,19)/t6-,8+,13+/m0/s1. The topological polar surface area (TPSA) is 135 Å². The lowest BCUT2D eigenvalue weighted by molar-refractivity contribution is -0.141. The van der Waals surface area contributed by atoms with E-state index in [-0.39, 0.29) is 18.6 Å². The number of carboxylic acid groups (broad SMARTS) is 2. The number of aliphatic carboxylic acids is 2. The van der Waals surface area contributed by atoms with Crippen molar-refractivity contribution >= 4 is 23.7 Å². The van der Waals surface area contributed by atoms with Gasteiger partial charge in [-0.3, -0.25) is 0 Å². The van der Waals surface area contributed by atoms with E-state index in [1.807, 2.05) is 0 Å². The number of nitrogens with zero attached hydrogens (tertiary/aromatic N) is 1. The summed E-state index contributed by atoms with van der Waals surface area (Å²) in [5.74, 6) is -2.97. The molecule has 3 N–H and O–H groups in total. The first-order chi connectivity index (χ1) is 10.0. The van der Waals surface area contributed by atoms with Crippen LogP contribution < -0.4 is 5.32 Å². The van der Waals surface area contributed by atoms with Crippen LogP contribution in [0.2, 0.25) is 0 Å². The highest BCUT2D eigenvalue weighted by Gasteiger charge is 2.66. The summed E-state index contributed by atoms with van der Waals surface area (Å²) in [4.78, 5) is 39.1. The van der Waals surface area contributed by atoms with Crippen molar-refractivity contribution in [2.24, 2.45) is 11.1 Å². The highest BCUT2D eigenvalue weighted by Crippen LogP contribution is 2.49. The molecule has 9 heteroatoms. The maximum atomic E-state index is 11.8. The summed E-state index contributed by atoms with van der Waals surface area (Å²) < 4.78 is 5.06. The van der Waals surface area contributed by atoms with Crippen LogP contribution in [0.3, 0.4) is 0 Å². The lowest BCUT2D eigenvalue weighted by atomic mass is 10.0. The zero-order valence-electron chi connectivity index (χ0n) is 12.5. The molecule has 0 unspecified atom stereocenters. The van der Waals surface area contributed by atoms with Gasteiger partial charge >= 0.3 is 18.0 Å². The molecule has 1 aliphatic carbocycles. The third-order valence-corrected chi connectivity index (χ3v) is 3.51. The van der Waals surface area contributed by atoms with E-state index in [9.17, 15) is 19.5 Å². The Labute approximate surface area is 126 Å². The number of oxime groups is 1. The zero-order valence-corrected chi connectivity index (χ0v) is 12.5. The van der Waals surface area contributed by atoms with Gasteiger partial charge in [0.2, 0.25) is 0 Å². The minimum absolute atomic E-state index is 0.00499. The van der Waals surface area contributed by atoms with Crippen LogP contribution in [-0.4, -0.2) is 51.2 Å². The lowest BCUT2D eigenvalue weighted by Crippen LogP contribution is -2.48. The predicted octanol–water partition coefficient (Wildman–Crippen LogP) is 0.584. The van der Waals surface area contributed by atoms with E-state index in [1.54, 1.807) is 20.8 Å². The van der Waals surface area contributed by atoms with Gasteiger partial charge in [-0.1, -0.05) is 5.16 Å². The van der Waals surface area contributed by atoms with Gasteiger partial charge in [0.05, 0.1) is 0 Å². The van der Waals surface area contributed by atoms with Gasteiger partial charge in [0.1, 0.15) is 17.2 Å². The van der Waals surface area contributed by atoms with Gasteiger partial charge < -0.3 is 25.1 Å². The van der Waals surface area contributed by atoms with E-state index >= 15 is 0 Å². The molecule has 1 fully saturated rings. The van der Waals surface area contributed by atoms with Crippen molar-refractivity contribution in [1.29, 1.82) is 0 Å². The van der Waals surface area contributed by atoms with Crippen molar-refractivity contribution in [3.8, 4) is 0 Å². The molecule has 1 amide bonds. The maximum absolute atomic E-state index is 11.8. The molecule has 0 radical (unpaired) electrons. The smallest absolute Gasteiger partial charge is 0.408 e. The second kappa shape index (κ2) is 5.15. The fourth-order valence-corrected chi connectivity index (χ4v) is 2.40. The molecule has 1 saturated carbocycles. The minimum Gasteiger partial charge on any atom is -0.479 e. The average Bonchev–Trinajstić information content (AvgIpc) is 2.85. The number of nitrogens with one attached hydrogen (secondary N) is 1. The number of carbonyl (C=O) groups excluding carboxylic acids is 1. The molecule has 9 nitrogen and oxygen atoms in total. The number of alkyl carbamates (subject to hydrolysis) is 1. The van der Waals surface area contributed by atoms with E-state index in [1.165, 1.54) is 0 Å². The molecule has 22 heavy (non-hydrogen) atoms. The Kier molecular flexibility index (Phi) is 3.76. The molecule has 3 atom stereocenters. The summed E-state index contributed by atoms with van der Waals surface area (Å²) in [6.07, 6.45) is -1.38. The molecule has 1 heterocycles. The van der Waals surface area contributed by atoms with Crippen LogP contribution in [0, 0.1) is 5.92 Å². The van der Waals surface area contributed by atoms with Crippen LogP contribution in [0.1, 0.15) is 33.6 Å². The van der Waals surface area contributed by atoms with Crippen LogP contribution in [0.4, 0.5) is 4.79 Å². The normalized spacial score (nSPS) is 30.0. The summed E-state index contributed by atoms with van der Waals surface area (Å²) in [7, 11) is 0. The van der Waals surface area contributed by atoms with Crippen LogP contribution in [0.25, 0.3) is 0 Å². The Bertz CT molecular complexity index is 551. The first-order valence-electron chi connectivity index (χ1n) is 6.76. The summed E-state index contributed by atoms with van der Waals surface area (Å²) in [6.45, 7) is 4.99. The third kappa shape index (κ3) is 3.12. The van der Waals surface area contributed by atoms with Crippen LogP contribution >= 0.6 is 0 Å². The van der Waals surface area contributed by atoms with E-state index in [4.69, 9.17) is 14.7 Å². The Morgan fingerprint density at radius 3 is 2.45 bits per heavy atom. The second-order valence-corrected chi connectivity index (χ2v) is 6.41. The number of carbonyl (C=O) groups is 3. The molecule has 0 aromatic carbocycles. The number of ether oxygens (including phenoxy) is 1. The summed E-state index contributed by atoms with van der Waals surface area (Å²) in [5.41, 5.74) is -2.41. The Hall–Kier alpha value is -2.32. The SMILES string of the molecule is CC(C)(C)OC(=O)N[C@]1(C(=O)O)C[C@H]1[C@H]1CC(C(=O)O)=NO1. The number of rotatable bonds is 4. The number of amides is 1. The monoisotopic (exact) mass is 314 g/mol. The number of carboxylic acids is 2. The molecule has 1 aliphatic heterocycles. The van der Waals surface area contributed by atoms with Crippen molar-refractivity contribution in [3.05, 3.63) is 0 Å². The highest BCUT2D eigenvalue weighted by atomic mass is 16.6. The first kappa shape index (κ1) is 16.1. The van der Waals surface area contributed by atoms with E-state index in [0.717, 1.165) is 0 Å². The number of hydrogen-bond acceptors (Lipinski definition) is 6. The molecule has 0 aromatic heterocycles. The Morgan fingerprint density at radius 2 is 2.00 bits per heavy atom. The first-order valence-corrected chi connectivity index (χ1v) is 6.76. The van der Waals surface area contributed by atoms with Crippen molar-refractivity contribution in [3.63, 3.8) is 0 Å². The Morgan fingerprint density at radius 1 is 1.36 bits per heavy atom. The molecule has 0 spiro atoms. The Balaban J connectivity index is 2.01. The molecule has 2 rings (SSSR count). The largest absolute Gasteiger partial charge is 0.479 e. The van der Waals surface area contributed by atoms with Crippen molar-refractivity contribution in [2.75, 3.05) is 0 Å². The molecule has 2 aliphatic rings. The van der Waals surface area contributed by atoms with Gasteiger partial charge in [0.15, 0.2) is 5.71 Å². The van der Waals surface area contributed by atoms with Crippen molar-refractivity contribution in [2.45, 2.75) is 50.9 Å². The van der Waals surface area contributed by atoms with Crippen LogP contribution in [0.15, 0.2) is 5.16 Å². The molecule has 0 aromatic rings.